The minimum atomic E-state index is -0.126. The first-order valence-electron chi connectivity index (χ1n) is 8.39. The third kappa shape index (κ3) is 3.24. The molecule has 0 saturated heterocycles. The van der Waals surface area contributed by atoms with E-state index in [0.29, 0.717) is 21.3 Å². The Morgan fingerprint density at radius 3 is 2.70 bits per heavy atom. The fourth-order valence-electron chi connectivity index (χ4n) is 3.04. The fraction of sp³-hybridized carbons (Fsp3) is 0.143. The van der Waals surface area contributed by atoms with Crippen LogP contribution in [0.4, 0.5) is 5.69 Å². The first-order chi connectivity index (χ1) is 13.0. The van der Waals surface area contributed by atoms with Gasteiger partial charge in [0, 0.05) is 22.8 Å². The number of benzene rings is 2. The monoisotopic (exact) mass is 396 g/mol. The average molecular weight is 397 g/mol. The van der Waals surface area contributed by atoms with E-state index >= 15 is 0 Å². The molecule has 0 N–H and O–H groups in total. The standard InChI is InChI=1S/C21H17ClN2O2S/c1-12-4-5-13-9-14-10-19(27-20(14)23-16(13)8-12)21(25)24(2)17-11-15(22)6-7-18(17)26-3/h4-11H,1-3H3. The van der Waals surface area contributed by atoms with Crippen LogP contribution >= 0.6 is 22.9 Å². The molecule has 2 aromatic heterocycles. The summed E-state index contributed by atoms with van der Waals surface area (Å²) in [6.07, 6.45) is 0. The van der Waals surface area contributed by atoms with Gasteiger partial charge in [0.2, 0.25) is 0 Å². The van der Waals surface area contributed by atoms with Crippen LogP contribution in [0.25, 0.3) is 21.1 Å². The van der Waals surface area contributed by atoms with Crippen LogP contribution in [0.5, 0.6) is 5.75 Å². The topological polar surface area (TPSA) is 42.4 Å². The number of ether oxygens (including phenoxy) is 1. The van der Waals surface area contributed by atoms with Crippen LogP contribution in [-0.2, 0) is 0 Å². The Hall–Kier alpha value is -2.63. The first kappa shape index (κ1) is 17.8. The normalized spacial score (nSPS) is 11.1. The summed E-state index contributed by atoms with van der Waals surface area (Å²) in [7, 11) is 3.29. The van der Waals surface area contributed by atoms with Gasteiger partial charge < -0.3 is 9.64 Å². The second kappa shape index (κ2) is 6.83. The molecule has 27 heavy (non-hydrogen) atoms. The van der Waals surface area contributed by atoms with Gasteiger partial charge in [0.05, 0.1) is 23.2 Å². The molecule has 0 radical (unpaired) electrons. The number of pyridine rings is 1. The molecule has 0 saturated carbocycles. The zero-order valence-corrected chi connectivity index (χ0v) is 16.7. The van der Waals surface area contributed by atoms with Gasteiger partial charge >= 0.3 is 0 Å². The number of aromatic nitrogens is 1. The number of carbonyl (C=O) groups is 1. The van der Waals surface area contributed by atoms with E-state index in [0.717, 1.165) is 26.7 Å². The van der Waals surface area contributed by atoms with Gasteiger partial charge in [0.25, 0.3) is 5.91 Å². The van der Waals surface area contributed by atoms with Crippen LogP contribution < -0.4 is 9.64 Å². The number of halogens is 1. The Kier molecular flexibility index (Phi) is 4.50. The van der Waals surface area contributed by atoms with Crippen molar-refractivity contribution in [3.05, 3.63) is 64.0 Å². The third-order valence-corrected chi connectivity index (χ3v) is 5.74. The summed E-state index contributed by atoms with van der Waals surface area (Å²) < 4.78 is 5.37. The highest BCUT2D eigenvalue weighted by molar-refractivity contribution is 7.20. The Labute approximate surface area is 166 Å². The lowest BCUT2D eigenvalue weighted by molar-refractivity contribution is 0.0996. The minimum absolute atomic E-state index is 0.126. The number of methoxy groups -OCH3 is 1. The quantitative estimate of drug-likeness (QED) is 0.446. The van der Waals surface area contributed by atoms with Crippen LogP contribution in [0, 0.1) is 6.92 Å². The van der Waals surface area contributed by atoms with Crippen LogP contribution in [-0.4, -0.2) is 25.0 Å². The van der Waals surface area contributed by atoms with Gasteiger partial charge in [-0.2, -0.15) is 0 Å². The average Bonchev–Trinajstić information content (AvgIpc) is 3.07. The van der Waals surface area contributed by atoms with E-state index in [1.807, 2.05) is 13.0 Å². The van der Waals surface area contributed by atoms with Gasteiger partial charge in [-0.1, -0.05) is 23.7 Å². The summed E-state index contributed by atoms with van der Waals surface area (Å²) in [4.78, 5) is 20.8. The fourth-order valence-corrected chi connectivity index (χ4v) is 4.21. The van der Waals surface area contributed by atoms with Crippen molar-refractivity contribution in [3.63, 3.8) is 0 Å². The maximum Gasteiger partial charge on any atom is 0.268 e. The number of aryl methyl sites for hydroxylation is 1. The van der Waals surface area contributed by atoms with E-state index in [4.69, 9.17) is 21.3 Å². The smallest absolute Gasteiger partial charge is 0.268 e. The summed E-state index contributed by atoms with van der Waals surface area (Å²) >= 11 is 7.50. The van der Waals surface area contributed by atoms with Crippen LogP contribution in [0.2, 0.25) is 5.02 Å². The zero-order chi connectivity index (χ0) is 19.1. The Morgan fingerprint density at radius 2 is 1.93 bits per heavy atom. The maximum absolute atomic E-state index is 13.1. The van der Waals surface area contributed by atoms with Crippen molar-refractivity contribution in [2.45, 2.75) is 6.92 Å². The molecule has 0 bridgehead atoms. The third-order valence-electron chi connectivity index (χ3n) is 4.48. The van der Waals surface area contributed by atoms with E-state index < -0.39 is 0 Å². The molecule has 1 amide bonds. The summed E-state index contributed by atoms with van der Waals surface area (Å²) in [5.41, 5.74) is 2.73. The maximum atomic E-state index is 13.1. The molecule has 4 nitrogen and oxygen atoms in total. The molecule has 0 aliphatic heterocycles. The van der Waals surface area contributed by atoms with Crippen LogP contribution in [0.3, 0.4) is 0 Å². The van der Waals surface area contributed by atoms with Crippen molar-refractivity contribution < 1.29 is 9.53 Å². The number of thiophene rings is 1. The van der Waals surface area contributed by atoms with Crippen LogP contribution in [0.15, 0.2) is 48.5 Å². The van der Waals surface area contributed by atoms with E-state index in [1.165, 1.54) is 11.3 Å². The predicted octanol–water partition coefficient (Wildman–Crippen LogP) is 5.70. The highest BCUT2D eigenvalue weighted by Gasteiger charge is 2.20. The number of nitrogens with zero attached hydrogens (tertiary/aromatic N) is 2. The van der Waals surface area contributed by atoms with Gasteiger partial charge in [-0.3, -0.25) is 4.79 Å². The molecular formula is C21H17ClN2O2S. The van der Waals surface area contributed by atoms with E-state index in [-0.39, 0.29) is 5.91 Å². The molecule has 0 aliphatic rings. The molecule has 6 heteroatoms. The van der Waals surface area contributed by atoms with Crippen molar-refractivity contribution in [2.24, 2.45) is 0 Å². The van der Waals surface area contributed by atoms with Crippen molar-refractivity contribution >= 4 is 55.7 Å². The summed E-state index contributed by atoms with van der Waals surface area (Å²) in [5, 5.41) is 2.58. The highest BCUT2D eigenvalue weighted by atomic mass is 35.5. The first-order valence-corrected chi connectivity index (χ1v) is 9.58. The molecule has 136 valence electrons. The lowest BCUT2D eigenvalue weighted by Gasteiger charge is -2.19. The van der Waals surface area contributed by atoms with E-state index in [1.54, 1.807) is 37.3 Å². The Bertz CT molecular complexity index is 1190. The van der Waals surface area contributed by atoms with Gasteiger partial charge in [0.15, 0.2) is 0 Å². The van der Waals surface area contributed by atoms with Crippen LogP contribution in [0.1, 0.15) is 15.2 Å². The molecule has 2 aromatic carbocycles. The molecule has 4 aromatic rings. The molecule has 0 atom stereocenters. The highest BCUT2D eigenvalue weighted by Crippen LogP contribution is 2.33. The minimum Gasteiger partial charge on any atom is -0.495 e. The van der Waals surface area contributed by atoms with Gasteiger partial charge in [0.1, 0.15) is 10.6 Å². The lowest BCUT2D eigenvalue weighted by Crippen LogP contribution is -2.25. The predicted molar refractivity (Wildman–Crippen MR) is 113 cm³/mol. The largest absolute Gasteiger partial charge is 0.495 e. The van der Waals surface area contributed by atoms with E-state index in [2.05, 4.69) is 24.3 Å². The lowest BCUT2D eigenvalue weighted by atomic mass is 10.1. The number of hydrogen-bond donors (Lipinski definition) is 0. The molecular weight excluding hydrogens is 380 g/mol. The van der Waals surface area contributed by atoms with Gasteiger partial charge in [-0.15, -0.1) is 11.3 Å². The van der Waals surface area contributed by atoms with Crippen molar-refractivity contribution in [2.75, 3.05) is 19.1 Å². The van der Waals surface area contributed by atoms with Gasteiger partial charge in [-0.05, 0) is 48.9 Å². The number of fused-ring (bicyclic) bond motifs is 2. The second-order valence-electron chi connectivity index (χ2n) is 6.37. The summed E-state index contributed by atoms with van der Waals surface area (Å²) in [5.74, 6) is 0.467. The Morgan fingerprint density at radius 1 is 1.11 bits per heavy atom. The van der Waals surface area contributed by atoms with Crippen molar-refractivity contribution in [3.8, 4) is 5.75 Å². The van der Waals surface area contributed by atoms with Crippen molar-refractivity contribution in [1.82, 2.24) is 4.98 Å². The van der Waals surface area contributed by atoms with Crippen molar-refractivity contribution in [1.29, 1.82) is 0 Å². The zero-order valence-electron chi connectivity index (χ0n) is 15.1. The molecule has 4 rings (SSSR count). The number of amides is 1. The SMILES string of the molecule is COc1ccc(Cl)cc1N(C)C(=O)c1cc2cc3ccc(C)cc3nc2s1. The second-order valence-corrected chi connectivity index (χ2v) is 7.84. The number of anilines is 1. The van der Waals surface area contributed by atoms with E-state index in [9.17, 15) is 4.79 Å². The molecule has 0 fully saturated rings. The molecule has 0 spiro atoms. The summed E-state index contributed by atoms with van der Waals surface area (Å²) in [6, 6.07) is 15.3. The molecule has 0 aliphatic carbocycles. The summed E-state index contributed by atoms with van der Waals surface area (Å²) in [6.45, 7) is 2.04. The number of rotatable bonds is 3. The number of carbonyl (C=O) groups excluding carboxylic acids is 1. The molecule has 0 unspecified atom stereocenters. The van der Waals surface area contributed by atoms with Gasteiger partial charge in [-0.25, -0.2) is 4.98 Å². The molecule has 2 heterocycles. The number of hydrogen-bond acceptors (Lipinski definition) is 4. The Balaban J connectivity index is 1.76.